The van der Waals surface area contributed by atoms with Crippen molar-refractivity contribution in [2.24, 2.45) is 0 Å². The molecule has 1 aliphatic carbocycles. The summed E-state index contributed by atoms with van der Waals surface area (Å²) < 4.78 is 0. The summed E-state index contributed by atoms with van der Waals surface area (Å²) in [5.41, 5.74) is 15.7. The van der Waals surface area contributed by atoms with E-state index in [9.17, 15) is 10.2 Å². The predicted molar refractivity (Wildman–Crippen MR) is 245 cm³/mol. The van der Waals surface area contributed by atoms with Gasteiger partial charge >= 0.3 is 0 Å². The van der Waals surface area contributed by atoms with Gasteiger partial charge in [-0.3, -0.25) is 0 Å². The maximum Gasteiger partial charge on any atom is 0.133 e. The van der Waals surface area contributed by atoms with Crippen LogP contribution in [0.15, 0.2) is 128 Å². The molecule has 1 rings (SSSR count). The largest absolute Gasteiger partial charge is 0.384 e. The van der Waals surface area contributed by atoms with Crippen molar-refractivity contribution in [3.05, 3.63) is 128 Å². The molecule has 0 bridgehead atoms. The van der Waals surface area contributed by atoms with Gasteiger partial charge in [0.1, 0.15) is 6.10 Å². The van der Waals surface area contributed by atoms with E-state index in [4.69, 9.17) is 0 Å². The Balaban J connectivity index is 2.26. The van der Waals surface area contributed by atoms with E-state index in [0.717, 1.165) is 100 Å². The molecule has 0 saturated heterocycles. The minimum atomic E-state index is -0.824. The highest BCUT2D eigenvalue weighted by Crippen LogP contribution is 2.28. The Morgan fingerprint density at radius 3 is 0.964 bits per heavy atom. The predicted octanol–water partition coefficient (Wildman–Crippen LogP) is 16.6. The molecular weight excluding hydrogens is 669 g/mol. The van der Waals surface area contributed by atoms with E-state index in [1.807, 2.05) is 13.8 Å². The molecule has 0 amide bonds. The van der Waals surface area contributed by atoms with Gasteiger partial charge in [0.2, 0.25) is 0 Å². The molecule has 0 aromatic carbocycles. The molecule has 0 aromatic rings. The van der Waals surface area contributed by atoms with E-state index in [2.05, 4.69) is 124 Å². The van der Waals surface area contributed by atoms with Gasteiger partial charge in [-0.1, -0.05) is 105 Å². The second kappa shape index (κ2) is 29.3. The van der Waals surface area contributed by atoms with E-state index in [1.54, 1.807) is 6.08 Å². The van der Waals surface area contributed by atoms with Crippen molar-refractivity contribution in [3.8, 4) is 0 Å². The Morgan fingerprint density at radius 2 is 0.691 bits per heavy atom. The number of hydrogen-bond donors (Lipinski definition) is 1. The van der Waals surface area contributed by atoms with Gasteiger partial charge in [0.25, 0.3) is 0 Å². The zero-order chi connectivity index (χ0) is 41.2. The van der Waals surface area contributed by atoms with Crippen LogP contribution in [-0.4, -0.2) is 17.3 Å². The first-order chi connectivity index (χ1) is 26.1. The van der Waals surface area contributed by atoms with Crippen LogP contribution in [0.4, 0.5) is 0 Å². The summed E-state index contributed by atoms with van der Waals surface area (Å²) in [5, 5.41) is 22.7. The molecule has 0 spiro atoms. The smallest absolute Gasteiger partial charge is 0.133 e. The Hall–Kier alpha value is -2.94. The Morgan fingerprint density at radius 1 is 0.436 bits per heavy atom. The lowest BCUT2D eigenvalue weighted by Gasteiger charge is -2.24. The van der Waals surface area contributed by atoms with Crippen LogP contribution in [0.3, 0.4) is 0 Å². The quantitative estimate of drug-likeness (QED) is 0.0879. The van der Waals surface area contributed by atoms with Crippen LogP contribution in [0.5, 0.6) is 0 Å². The van der Waals surface area contributed by atoms with Gasteiger partial charge in [-0.05, 0) is 215 Å². The fourth-order valence-corrected chi connectivity index (χ4v) is 6.83. The van der Waals surface area contributed by atoms with Crippen molar-refractivity contribution in [2.75, 3.05) is 0 Å². The molecule has 0 heterocycles. The van der Waals surface area contributed by atoms with Crippen molar-refractivity contribution in [1.82, 2.24) is 0 Å². The summed E-state index contributed by atoms with van der Waals surface area (Å²) in [5.74, 6) is 0. The average Bonchev–Trinajstić information content (AvgIpc) is 3.11. The third kappa shape index (κ3) is 25.0. The molecule has 0 saturated carbocycles. The third-order valence-electron chi connectivity index (χ3n) is 11.2. The van der Waals surface area contributed by atoms with E-state index in [1.165, 1.54) is 69.4 Å². The number of allylic oxidation sites excluding steroid dienone is 18. The first kappa shape index (κ1) is 50.1. The monoisotopic (exact) mass is 752 g/mol. The lowest BCUT2D eigenvalue weighted by atomic mass is 9.87. The zero-order valence-electron chi connectivity index (χ0n) is 37.8. The van der Waals surface area contributed by atoms with Crippen LogP contribution in [0.1, 0.15) is 192 Å². The summed E-state index contributed by atoms with van der Waals surface area (Å²) >= 11 is 0. The molecule has 307 valence electrons. The molecule has 2 nitrogen and oxygen atoms in total. The van der Waals surface area contributed by atoms with E-state index in [-0.39, 0.29) is 0 Å². The normalized spacial score (nSPS) is 18.7. The number of aliphatic hydroxyl groups excluding tert-OH is 1. The van der Waals surface area contributed by atoms with Crippen molar-refractivity contribution in [3.63, 3.8) is 0 Å². The van der Waals surface area contributed by atoms with E-state index >= 15 is 0 Å². The molecule has 1 radical (unpaired) electrons. The lowest BCUT2D eigenvalue weighted by molar-refractivity contribution is 0.145. The molecule has 0 aliphatic heterocycles. The van der Waals surface area contributed by atoms with Gasteiger partial charge in [0, 0.05) is 0 Å². The molecular formula is C53H83O2. The molecule has 55 heavy (non-hydrogen) atoms. The first-order valence-corrected chi connectivity index (χ1v) is 21.7. The lowest BCUT2D eigenvalue weighted by Crippen LogP contribution is -2.23. The third-order valence-corrected chi connectivity index (χ3v) is 11.2. The second-order valence-electron chi connectivity index (χ2n) is 17.1. The van der Waals surface area contributed by atoms with Crippen LogP contribution in [0.2, 0.25) is 0 Å². The van der Waals surface area contributed by atoms with Crippen molar-refractivity contribution in [1.29, 1.82) is 0 Å². The highest BCUT2D eigenvalue weighted by atomic mass is 16.3. The van der Waals surface area contributed by atoms with Crippen molar-refractivity contribution in [2.45, 2.75) is 204 Å². The summed E-state index contributed by atoms with van der Waals surface area (Å²) in [6.45, 7) is 26.2. The molecule has 2 heteroatoms. The Labute approximate surface area is 341 Å². The van der Waals surface area contributed by atoms with Crippen LogP contribution in [-0.2, 0) is 5.11 Å². The first-order valence-electron chi connectivity index (χ1n) is 21.7. The topological polar surface area (TPSA) is 40.1 Å². The number of rotatable bonds is 26. The molecule has 0 fully saturated rings. The average molecular weight is 752 g/mol. The maximum atomic E-state index is 12.2. The van der Waals surface area contributed by atoms with Gasteiger partial charge in [-0.2, -0.15) is 0 Å². The fraction of sp³-hybridized carbons (Fsp3) is 0.585. The highest BCUT2D eigenvalue weighted by molar-refractivity contribution is 5.37. The Bertz CT molecular complexity index is 1500. The van der Waals surface area contributed by atoms with Crippen molar-refractivity contribution >= 4 is 0 Å². The van der Waals surface area contributed by atoms with Gasteiger partial charge in [0.15, 0.2) is 0 Å². The zero-order valence-corrected chi connectivity index (χ0v) is 37.8. The molecule has 0 aromatic heterocycles. The summed E-state index contributed by atoms with van der Waals surface area (Å²) in [6.07, 6.45) is 40.6. The van der Waals surface area contributed by atoms with E-state index in [0.29, 0.717) is 6.42 Å². The summed E-state index contributed by atoms with van der Waals surface area (Å²) in [6, 6.07) is 0. The minimum absolute atomic E-state index is 0.610. The highest BCUT2D eigenvalue weighted by Gasteiger charge is 2.23. The van der Waals surface area contributed by atoms with Gasteiger partial charge in [-0.25, -0.2) is 5.11 Å². The van der Waals surface area contributed by atoms with Gasteiger partial charge < -0.3 is 5.11 Å². The summed E-state index contributed by atoms with van der Waals surface area (Å²) in [4.78, 5) is 0. The second-order valence-corrected chi connectivity index (χ2v) is 17.1. The maximum absolute atomic E-state index is 12.2. The fourth-order valence-electron chi connectivity index (χ4n) is 6.83. The van der Waals surface area contributed by atoms with Crippen LogP contribution < -0.4 is 0 Å². The number of hydrogen-bond acceptors (Lipinski definition) is 1. The van der Waals surface area contributed by atoms with Crippen molar-refractivity contribution < 1.29 is 10.2 Å². The van der Waals surface area contributed by atoms with Gasteiger partial charge in [0.05, 0.1) is 6.10 Å². The molecule has 2 atom stereocenters. The van der Waals surface area contributed by atoms with Crippen LogP contribution in [0, 0.1) is 0 Å². The summed E-state index contributed by atoms with van der Waals surface area (Å²) in [7, 11) is 0. The molecule has 1 aliphatic rings. The standard InChI is InChI=1S/C53H83O2/c1-40(2)21-13-22-41(3)23-14-24-42(4)25-15-26-43(5)27-16-28-44(6)29-17-30-45(7)31-18-32-46(8)33-19-34-47(9)35-20-36-48(10)37-38-51-39-52(54)49(11)50(12)53(51)55/h21,23,25,27,29,31,33,35,37,39,52-53,55H,13-20,22,24,26,28,30,32,34,36,38H2,1-12H3/b41-23+,42-25+,43-27+,44-29+,45-31+,46-33+,47-35+,48-37+. The van der Waals surface area contributed by atoms with Crippen LogP contribution in [0.25, 0.3) is 0 Å². The van der Waals surface area contributed by atoms with Crippen LogP contribution >= 0.6 is 0 Å². The van der Waals surface area contributed by atoms with Gasteiger partial charge in [-0.15, -0.1) is 0 Å². The minimum Gasteiger partial charge on any atom is -0.384 e. The SMILES string of the molecule is CC(C)=CCC/C(C)=C/CC/C(C)=C/CC/C(C)=C/CC/C(C)=C/CC/C(C)=C/CC/C(C)=C/CC/C(C)=C/CC/C(C)=C/CC1=CC([O])C(C)=C(C)C1O. The van der Waals surface area contributed by atoms with E-state index < -0.39 is 12.2 Å². The number of aliphatic hydroxyl groups is 1. The molecule has 2 unspecified atom stereocenters. The Kier molecular flexibility index (Phi) is 26.7. The molecule has 1 N–H and O–H groups in total.